The fourth-order valence-corrected chi connectivity index (χ4v) is 1.52. The summed E-state index contributed by atoms with van der Waals surface area (Å²) >= 11 is 0. The van der Waals surface area contributed by atoms with E-state index in [9.17, 15) is 9.59 Å². The van der Waals surface area contributed by atoms with Crippen molar-refractivity contribution in [3.63, 3.8) is 0 Å². The predicted octanol–water partition coefficient (Wildman–Crippen LogP) is 1.95. The first-order valence-electron chi connectivity index (χ1n) is 6.71. The summed E-state index contributed by atoms with van der Waals surface area (Å²) in [5.74, 6) is 0.398. The number of rotatable bonds is 5. The molecule has 0 atom stereocenters. The molecule has 0 saturated carbocycles. The third-order valence-corrected chi connectivity index (χ3v) is 2.41. The first-order chi connectivity index (χ1) is 9.81. The highest BCUT2D eigenvalue weighted by molar-refractivity contribution is 5.94. The van der Waals surface area contributed by atoms with Crippen LogP contribution in [0, 0.1) is 0 Å². The molecule has 0 fully saturated rings. The zero-order valence-electron chi connectivity index (χ0n) is 12.9. The van der Waals surface area contributed by atoms with E-state index in [1.165, 1.54) is 0 Å². The van der Waals surface area contributed by atoms with Crippen molar-refractivity contribution in [3.05, 3.63) is 29.8 Å². The van der Waals surface area contributed by atoms with Crippen LogP contribution in [0.3, 0.4) is 0 Å². The number of nitrogens with one attached hydrogen (secondary N) is 2. The molecule has 0 saturated heterocycles. The van der Waals surface area contributed by atoms with Gasteiger partial charge in [-0.05, 0) is 39.0 Å². The van der Waals surface area contributed by atoms with Crippen molar-refractivity contribution in [2.24, 2.45) is 0 Å². The van der Waals surface area contributed by atoms with Crippen LogP contribution in [-0.4, -0.2) is 37.8 Å². The van der Waals surface area contributed by atoms with Gasteiger partial charge in [0, 0.05) is 18.7 Å². The van der Waals surface area contributed by atoms with Gasteiger partial charge >= 0.3 is 6.09 Å². The first kappa shape index (κ1) is 16.8. The molecule has 2 amide bonds. The van der Waals surface area contributed by atoms with Crippen molar-refractivity contribution in [1.29, 1.82) is 0 Å². The smallest absolute Gasteiger partial charge is 0.407 e. The van der Waals surface area contributed by atoms with E-state index in [1.807, 2.05) is 0 Å². The molecule has 0 aliphatic heterocycles. The second kappa shape index (κ2) is 7.52. The Morgan fingerprint density at radius 3 is 2.43 bits per heavy atom. The molecule has 0 radical (unpaired) electrons. The molecular formula is C15H22N2O4. The summed E-state index contributed by atoms with van der Waals surface area (Å²) in [4.78, 5) is 23.3. The van der Waals surface area contributed by atoms with Crippen molar-refractivity contribution >= 4 is 12.0 Å². The topological polar surface area (TPSA) is 76.7 Å². The van der Waals surface area contributed by atoms with Crippen LogP contribution in [0.15, 0.2) is 24.3 Å². The molecular weight excluding hydrogens is 272 g/mol. The minimum atomic E-state index is -0.534. The molecule has 1 aromatic rings. The van der Waals surface area contributed by atoms with Crippen LogP contribution < -0.4 is 15.4 Å². The normalized spacial score (nSPS) is 10.7. The third kappa shape index (κ3) is 6.65. The van der Waals surface area contributed by atoms with Gasteiger partial charge in [-0.3, -0.25) is 4.79 Å². The molecule has 1 rings (SSSR count). The van der Waals surface area contributed by atoms with Crippen LogP contribution in [0.5, 0.6) is 5.75 Å². The second-order valence-corrected chi connectivity index (χ2v) is 5.42. The number of alkyl carbamates (subject to hydrolysis) is 1. The largest absolute Gasteiger partial charge is 0.497 e. The molecule has 1 aromatic carbocycles. The Labute approximate surface area is 124 Å². The fourth-order valence-electron chi connectivity index (χ4n) is 1.52. The van der Waals surface area contributed by atoms with Crippen molar-refractivity contribution in [2.75, 3.05) is 20.2 Å². The number of benzene rings is 1. The molecule has 2 N–H and O–H groups in total. The predicted molar refractivity (Wildman–Crippen MR) is 79.6 cm³/mol. The summed E-state index contributed by atoms with van der Waals surface area (Å²) in [6.45, 7) is 5.98. The minimum absolute atomic E-state index is 0.222. The van der Waals surface area contributed by atoms with Crippen LogP contribution in [-0.2, 0) is 4.74 Å². The Bertz CT molecular complexity index is 495. The van der Waals surface area contributed by atoms with E-state index in [0.29, 0.717) is 24.4 Å². The molecule has 0 bridgehead atoms. The minimum Gasteiger partial charge on any atom is -0.497 e. The summed E-state index contributed by atoms with van der Waals surface area (Å²) in [6.07, 6.45) is -0.502. The molecule has 116 valence electrons. The van der Waals surface area contributed by atoms with Crippen molar-refractivity contribution in [2.45, 2.75) is 26.4 Å². The van der Waals surface area contributed by atoms with E-state index >= 15 is 0 Å². The summed E-state index contributed by atoms with van der Waals surface area (Å²) in [5, 5.41) is 5.27. The van der Waals surface area contributed by atoms with Crippen LogP contribution in [0.4, 0.5) is 4.79 Å². The van der Waals surface area contributed by atoms with E-state index in [-0.39, 0.29) is 5.91 Å². The lowest BCUT2D eigenvalue weighted by molar-refractivity contribution is 0.0526. The lowest BCUT2D eigenvalue weighted by atomic mass is 10.2. The van der Waals surface area contributed by atoms with Crippen LogP contribution in [0.2, 0.25) is 0 Å². The number of hydrogen-bond donors (Lipinski definition) is 2. The summed E-state index contributed by atoms with van der Waals surface area (Å²) in [5.41, 5.74) is -0.0277. The number of amides is 2. The lowest BCUT2D eigenvalue weighted by Gasteiger charge is -2.19. The molecule has 0 heterocycles. The van der Waals surface area contributed by atoms with Gasteiger partial charge in [-0.15, -0.1) is 0 Å². The van der Waals surface area contributed by atoms with Crippen LogP contribution in [0.1, 0.15) is 31.1 Å². The van der Waals surface area contributed by atoms with Gasteiger partial charge in [-0.25, -0.2) is 4.79 Å². The monoisotopic (exact) mass is 294 g/mol. The summed E-state index contributed by atoms with van der Waals surface area (Å²) in [6, 6.07) is 6.85. The van der Waals surface area contributed by atoms with Crippen molar-refractivity contribution in [3.8, 4) is 5.75 Å². The van der Waals surface area contributed by atoms with Crippen LogP contribution >= 0.6 is 0 Å². The highest BCUT2D eigenvalue weighted by Gasteiger charge is 2.15. The zero-order valence-corrected chi connectivity index (χ0v) is 12.9. The molecule has 0 unspecified atom stereocenters. The molecule has 21 heavy (non-hydrogen) atoms. The van der Waals surface area contributed by atoms with Crippen molar-refractivity contribution in [1.82, 2.24) is 10.6 Å². The number of methoxy groups -OCH3 is 1. The summed E-state index contributed by atoms with van der Waals surface area (Å²) in [7, 11) is 1.54. The number of ether oxygens (including phenoxy) is 2. The molecule has 0 aliphatic carbocycles. The first-order valence-corrected chi connectivity index (χ1v) is 6.71. The van der Waals surface area contributed by atoms with Gasteiger partial charge < -0.3 is 20.1 Å². The SMILES string of the molecule is COc1cccc(C(=O)NCCNC(=O)OC(C)(C)C)c1. The van der Waals surface area contributed by atoms with E-state index < -0.39 is 11.7 Å². The Morgan fingerprint density at radius 2 is 1.81 bits per heavy atom. The number of carbonyl (C=O) groups is 2. The highest BCUT2D eigenvalue weighted by atomic mass is 16.6. The standard InChI is InChI=1S/C15H22N2O4/c1-15(2,3)21-14(19)17-9-8-16-13(18)11-6-5-7-12(10-11)20-4/h5-7,10H,8-9H2,1-4H3,(H,16,18)(H,17,19). The quantitative estimate of drug-likeness (QED) is 0.814. The van der Waals surface area contributed by atoms with Crippen molar-refractivity contribution < 1.29 is 19.1 Å². The van der Waals surface area contributed by atoms with Gasteiger partial charge in [0.15, 0.2) is 0 Å². The zero-order chi connectivity index (χ0) is 15.9. The van der Waals surface area contributed by atoms with Gasteiger partial charge in [-0.1, -0.05) is 6.07 Å². The Balaban J connectivity index is 2.32. The maximum atomic E-state index is 11.9. The molecule has 0 aliphatic rings. The average molecular weight is 294 g/mol. The Hall–Kier alpha value is -2.24. The van der Waals surface area contributed by atoms with Gasteiger partial charge in [0.05, 0.1) is 7.11 Å². The third-order valence-electron chi connectivity index (χ3n) is 2.41. The second-order valence-electron chi connectivity index (χ2n) is 5.42. The van der Waals surface area contributed by atoms with E-state index in [1.54, 1.807) is 52.1 Å². The van der Waals surface area contributed by atoms with Gasteiger partial charge in [0.2, 0.25) is 0 Å². The number of carbonyl (C=O) groups excluding carboxylic acids is 2. The molecule has 6 nitrogen and oxygen atoms in total. The fraction of sp³-hybridized carbons (Fsp3) is 0.467. The van der Waals surface area contributed by atoms with Gasteiger partial charge in [-0.2, -0.15) is 0 Å². The van der Waals surface area contributed by atoms with Crippen LogP contribution in [0.25, 0.3) is 0 Å². The highest BCUT2D eigenvalue weighted by Crippen LogP contribution is 2.12. The van der Waals surface area contributed by atoms with Gasteiger partial charge in [0.25, 0.3) is 5.91 Å². The van der Waals surface area contributed by atoms with E-state index in [4.69, 9.17) is 9.47 Å². The molecule has 6 heteroatoms. The van der Waals surface area contributed by atoms with E-state index in [2.05, 4.69) is 10.6 Å². The Kier molecular flexibility index (Phi) is 6.02. The Morgan fingerprint density at radius 1 is 1.14 bits per heavy atom. The van der Waals surface area contributed by atoms with Gasteiger partial charge in [0.1, 0.15) is 11.4 Å². The molecule has 0 spiro atoms. The van der Waals surface area contributed by atoms with E-state index in [0.717, 1.165) is 0 Å². The average Bonchev–Trinajstić information content (AvgIpc) is 2.41. The molecule has 0 aromatic heterocycles. The maximum Gasteiger partial charge on any atom is 0.407 e. The summed E-state index contributed by atoms with van der Waals surface area (Å²) < 4.78 is 10.1. The number of hydrogen-bond acceptors (Lipinski definition) is 4. The lowest BCUT2D eigenvalue weighted by Crippen LogP contribution is -2.37. The maximum absolute atomic E-state index is 11.9.